The maximum absolute atomic E-state index is 12.5. The maximum atomic E-state index is 12.5. The van der Waals surface area contributed by atoms with Crippen molar-refractivity contribution in [3.8, 4) is 0 Å². The number of pyridine rings is 1. The molecule has 2 N–H and O–H groups in total. The van der Waals surface area contributed by atoms with Crippen molar-refractivity contribution >= 4 is 11.7 Å². The highest BCUT2D eigenvalue weighted by Gasteiger charge is 2.29. The van der Waals surface area contributed by atoms with E-state index in [9.17, 15) is 9.59 Å². The van der Waals surface area contributed by atoms with Crippen LogP contribution in [-0.4, -0.2) is 32.3 Å². The Hall–Kier alpha value is -2.54. The van der Waals surface area contributed by atoms with Gasteiger partial charge in [0.2, 0.25) is 5.91 Å². The van der Waals surface area contributed by atoms with E-state index in [4.69, 9.17) is 4.98 Å². The molecule has 1 fully saturated rings. The van der Waals surface area contributed by atoms with Gasteiger partial charge in [-0.15, -0.1) is 0 Å². The van der Waals surface area contributed by atoms with Gasteiger partial charge in [-0.05, 0) is 18.9 Å². The molecule has 1 saturated carbocycles. The molecule has 0 spiro atoms. The van der Waals surface area contributed by atoms with Crippen molar-refractivity contribution in [2.45, 2.75) is 59.0 Å². The summed E-state index contributed by atoms with van der Waals surface area (Å²) in [6.07, 6.45) is 4.69. The highest BCUT2D eigenvalue weighted by Crippen LogP contribution is 2.37. The number of anilines is 1. The lowest BCUT2D eigenvalue weighted by Gasteiger charge is -2.28. The van der Waals surface area contributed by atoms with Gasteiger partial charge in [0.05, 0.1) is 11.3 Å². The van der Waals surface area contributed by atoms with Crippen LogP contribution >= 0.6 is 0 Å². The lowest BCUT2D eigenvalue weighted by molar-refractivity contribution is -0.123. The average Bonchev–Trinajstić information content (AvgIpc) is 3.48. The van der Waals surface area contributed by atoms with Crippen LogP contribution in [0.3, 0.4) is 0 Å². The van der Waals surface area contributed by atoms with Crippen molar-refractivity contribution in [2.75, 3.05) is 11.9 Å². The van der Waals surface area contributed by atoms with Gasteiger partial charge in [-0.2, -0.15) is 0 Å². The van der Waals surface area contributed by atoms with Gasteiger partial charge in [0.25, 0.3) is 5.56 Å². The van der Waals surface area contributed by atoms with E-state index in [2.05, 4.69) is 20.2 Å². The number of nitrogens with zero attached hydrogens (tertiary/aromatic N) is 3. The Balaban J connectivity index is 1.51. The van der Waals surface area contributed by atoms with Crippen LogP contribution in [0.2, 0.25) is 0 Å². The van der Waals surface area contributed by atoms with E-state index < -0.39 is 5.41 Å². The Morgan fingerprint density at radius 2 is 2.14 bits per heavy atom. The molecule has 0 radical (unpaired) electrons. The van der Waals surface area contributed by atoms with Gasteiger partial charge in [0.15, 0.2) is 0 Å². The molecule has 0 aromatic carbocycles. The molecule has 1 aliphatic heterocycles. The van der Waals surface area contributed by atoms with Gasteiger partial charge in [0, 0.05) is 49.1 Å². The van der Waals surface area contributed by atoms with Crippen molar-refractivity contribution < 1.29 is 4.79 Å². The van der Waals surface area contributed by atoms with Gasteiger partial charge in [-0.3, -0.25) is 14.5 Å². The third-order valence-electron chi connectivity index (χ3n) is 5.33. The lowest BCUT2D eigenvalue weighted by atomic mass is 9.95. The largest absolute Gasteiger partial charge is 0.310 e. The molecule has 148 valence electrons. The summed E-state index contributed by atoms with van der Waals surface area (Å²) in [5, 5.41) is 2.94. The first-order chi connectivity index (χ1) is 13.3. The van der Waals surface area contributed by atoms with Gasteiger partial charge in [-0.25, -0.2) is 9.97 Å². The fraction of sp³-hybridized carbons (Fsp3) is 0.524. The van der Waals surface area contributed by atoms with Crippen LogP contribution in [0, 0.1) is 5.41 Å². The predicted molar refractivity (Wildman–Crippen MR) is 107 cm³/mol. The van der Waals surface area contributed by atoms with Crippen molar-refractivity contribution in [3.05, 3.63) is 51.3 Å². The SMILES string of the molecule is CC(C)(C)C(=O)Nc1ncccc1CN1CCc2nc(C3CC3)[nH]c(=O)c2C1. The fourth-order valence-electron chi connectivity index (χ4n) is 3.40. The molecule has 1 aliphatic carbocycles. The minimum atomic E-state index is -0.489. The number of aromatic nitrogens is 3. The molecule has 7 nitrogen and oxygen atoms in total. The van der Waals surface area contributed by atoms with E-state index in [1.54, 1.807) is 6.20 Å². The molecule has 1 amide bonds. The number of nitrogens with one attached hydrogen (secondary N) is 2. The second-order valence-corrected chi connectivity index (χ2v) is 8.83. The maximum Gasteiger partial charge on any atom is 0.255 e. The molecule has 0 unspecified atom stereocenters. The van der Waals surface area contributed by atoms with E-state index in [-0.39, 0.29) is 11.5 Å². The molecule has 3 heterocycles. The molecule has 0 atom stereocenters. The minimum absolute atomic E-state index is 0.0101. The molecule has 2 aromatic rings. The van der Waals surface area contributed by atoms with Gasteiger partial charge >= 0.3 is 0 Å². The normalized spacial score (nSPS) is 17.2. The van der Waals surface area contributed by atoms with Crippen molar-refractivity contribution in [2.24, 2.45) is 5.41 Å². The number of hydrogen-bond donors (Lipinski definition) is 2. The van der Waals surface area contributed by atoms with Crippen LogP contribution in [0.5, 0.6) is 0 Å². The van der Waals surface area contributed by atoms with Crippen molar-refractivity contribution in [3.63, 3.8) is 0 Å². The highest BCUT2D eigenvalue weighted by molar-refractivity contribution is 5.94. The fourth-order valence-corrected chi connectivity index (χ4v) is 3.40. The minimum Gasteiger partial charge on any atom is -0.310 e. The summed E-state index contributed by atoms with van der Waals surface area (Å²) in [4.78, 5) is 39.2. The van der Waals surface area contributed by atoms with E-state index in [0.717, 1.165) is 48.5 Å². The summed E-state index contributed by atoms with van der Waals surface area (Å²) in [7, 11) is 0. The Morgan fingerprint density at radius 1 is 1.36 bits per heavy atom. The number of rotatable bonds is 4. The predicted octanol–water partition coefficient (Wildman–Crippen LogP) is 2.59. The molecule has 0 bridgehead atoms. The number of carbonyl (C=O) groups is 1. The number of hydrogen-bond acceptors (Lipinski definition) is 5. The number of carbonyl (C=O) groups excluding carboxylic acids is 1. The summed E-state index contributed by atoms with van der Waals surface area (Å²) >= 11 is 0. The van der Waals surface area contributed by atoms with Gasteiger partial charge in [-0.1, -0.05) is 26.8 Å². The number of H-pyrrole nitrogens is 1. The number of amides is 1. The summed E-state index contributed by atoms with van der Waals surface area (Å²) < 4.78 is 0. The summed E-state index contributed by atoms with van der Waals surface area (Å²) in [6.45, 7) is 7.64. The molecule has 7 heteroatoms. The quantitative estimate of drug-likeness (QED) is 0.849. The first-order valence-corrected chi connectivity index (χ1v) is 9.91. The zero-order valence-corrected chi connectivity index (χ0v) is 16.7. The highest BCUT2D eigenvalue weighted by atomic mass is 16.2. The van der Waals surface area contributed by atoms with E-state index in [0.29, 0.717) is 24.8 Å². The molecule has 4 rings (SSSR count). The van der Waals surface area contributed by atoms with E-state index in [1.165, 1.54) is 0 Å². The van der Waals surface area contributed by atoms with E-state index in [1.807, 2.05) is 32.9 Å². The third-order valence-corrected chi connectivity index (χ3v) is 5.33. The standard InChI is InChI=1S/C21H27N5O2/c1-21(2,3)20(28)25-17-14(5-4-9-22-17)11-26-10-8-16-15(12-26)19(27)24-18(23-16)13-6-7-13/h4-5,9,13H,6-8,10-12H2,1-3H3,(H,22,25,28)(H,23,24,27). The van der Waals surface area contributed by atoms with Crippen LogP contribution < -0.4 is 10.9 Å². The van der Waals surface area contributed by atoms with Crippen LogP contribution in [0.1, 0.15) is 62.2 Å². The summed E-state index contributed by atoms with van der Waals surface area (Å²) in [5.74, 6) is 1.83. The Morgan fingerprint density at radius 3 is 2.86 bits per heavy atom. The first-order valence-electron chi connectivity index (χ1n) is 9.91. The summed E-state index contributed by atoms with van der Waals surface area (Å²) in [5.41, 5.74) is 2.15. The molecular formula is C21H27N5O2. The lowest BCUT2D eigenvalue weighted by Crippen LogP contribution is -2.36. The first kappa shape index (κ1) is 18.8. The number of fused-ring (bicyclic) bond motifs is 1. The molecule has 2 aromatic heterocycles. The third kappa shape index (κ3) is 3.99. The zero-order valence-electron chi connectivity index (χ0n) is 16.7. The monoisotopic (exact) mass is 381 g/mol. The Labute approximate surface area is 164 Å². The smallest absolute Gasteiger partial charge is 0.255 e. The molecule has 2 aliphatic rings. The zero-order chi connectivity index (χ0) is 19.9. The average molecular weight is 381 g/mol. The second kappa shape index (κ2) is 7.13. The molecular weight excluding hydrogens is 354 g/mol. The van der Waals surface area contributed by atoms with Crippen LogP contribution in [0.4, 0.5) is 5.82 Å². The van der Waals surface area contributed by atoms with Gasteiger partial charge < -0.3 is 10.3 Å². The Bertz CT molecular complexity index is 956. The molecule has 28 heavy (non-hydrogen) atoms. The Kier molecular flexibility index (Phi) is 4.79. The van der Waals surface area contributed by atoms with Gasteiger partial charge in [0.1, 0.15) is 11.6 Å². The van der Waals surface area contributed by atoms with Crippen molar-refractivity contribution in [1.29, 1.82) is 0 Å². The van der Waals surface area contributed by atoms with Crippen molar-refractivity contribution in [1.82, 2.24) is 19.9 Å². The molecule has 0 saturated heterocycles. The topological polar surface area (TPSA) is 91.0 Å². The second-order valence-electron chi connectivity index (χ2n) is 8.83. The van der Waals surface area contributed by atoms with Crippen LogP contribution in [0.15, 0.2) is 23.1 Å². The van der Waals surface area contributed by atoms with E-state index >= 15 is 0 Å². The van der Waals surface area contributed by atoms with Crippen LogP contribution in [-0.2, 0) is 24.3 Å². The number of aromatic amines is 1. The summed E-state index contributed by atoms with van der Waals surface area (Å²) in [6, 6.07) is 3.84. The van der Waals surface area contributed by atoms with Crippen LogP contribution in [0.25, 0.3) is 0 Å².